The Bertz CT molecular complexity index is 772. The number of piperidine rings is 1. The largest absolute Gasteiger partial charge is 0.404 e. The Morgan fingerprint density at radius 1 is 1.57 bits per heavy atom. The van der Waals surface area contributed by atoms with Gasteiger partial charge in [0.15, 0.2) is 5.65 Å². The fourth-order valence-electron chi connectivity index (χ4n) is 2.91. The Kier molecular flexibility index (Phi) is 4.49. The maximum atomic E-state index is 6.45. The summed E-state index contributed by atoms with van der Waals surface area (Å²) in [5, 5.41) is 8.14. The number of fused-ring (bicyclic) bond motifs is 1. The molecular formula is C15H20ClN7. The highest BCUT2D eigenvalue weighted by Crippen LogP contribution is 2.33. The van der Waals surface area contributed by atoms with E-state index in [4.69, 9.17) is 28.1 Å². The van der Waals surface area contributed by atoms with Crippen LogP contribution in [0.15, 0.2) is 17.4 Å². The van der Waals surface area contributed by atoms with E-state index in [9.17, 15) is 0 Å². The van der Waals surface area contributed by atoms with Crippen LogP contribution in [-0.2, 0) is 0 Å². The molecule has 2 aromatic heterocycles. The fourth-order valence-corrected chi connectivity index (χ4v) is 3.19. The maximum absolute atomic E-state index is 6.45. The van der Waals surface area contributed by atoms with Crippen LogP contribution in [0.5, 0.6) is 0 Å². The highest BCUT2D eigenvalue weighted by atomic mass is 35.5. The average Bonchev–Trinajstić information content (AvgIpc) is 3.00. The Balaban J connectivity index is 2.17. The molecule has 0 aromatic carbocycles. The molecule has 0 amide bonds. The van der Waals surface area contributed by atoms with Gasteiger partial charge in [0.05, 0.1) is 11.9 Å². The van der Waals surface area contributed by atoms with Gasteiger partial charge >= 0.3 is 0 Å². The van der Waals surface area contributed by atoms with E-state index < -0.39 is 0 Å². The third-order valence-corrected chi connectivity index (χ3v) is 4.48. The standard InChI is InChI=1S/C15H20ClN7/c1-19-6-10(5-17)11-8-21-23-14(18)12(16)13(22-15(11)23)9-3-2-4-20-7-9/h5-6,8-9,20H,2-4,7,17-18H2,1H3. The third kappa shape index (κ3) is 2.77. The van der Waals surface area contributed by atoms with Crippen LogP contribution in [0.3, 0.4) is 0 Å². The van der Waals surface area contributed by atoms with Crippen molar-refractivity contribution in [3.8, 4) is 0 Å². The van der Waals surface area contributed by atoms with E-state index in [0.29, 0.717) is 16.5 Å². The van der Waals surface area contributed by atoms with E-state index >= 15 is 0 Å². The first-order valence-corrected chi connectivity index (χ1v) is 7.93. The second kappa shape index (κ2) is 6.55. The molecule has 0 aliphatic carbocycles. The van der Waals surface area contributed by atoms with Crippen molar-refractivity contribution in [1.29, 1.82) is 0 Å². The van der Waals surface area contributed by atoms with Crippen molar-refractivity contribution in [3.63, 3.8) is 0 Å². The van der Waals surface area contributed by atoms with Crippen LogP contribution < -0.4 is 16.8 Å². The van der Waals surface area contributed by atoms with Gasteiger partial charge in [-0.05, 0) is 19.4 Å². The van der Waals surface area contributed by atoms with Gasteiger partial charge in [0.2, 0.25) is 0 Å². The number of nitrogens with zero attached hydrogens (tertiary/aromatic N) is 4. The topological polar surface area (TPSA) is 107 Å². The average molecular weight is 334 g/mol. The second-order valence-corrected chi connectivity index (χ2v) is 5.92. The number of aromatic nitrogens is 3. The highest BCUT2D eigenvalue weighted by Gasteiger charge is 2.24. The Labute approximate surface area is 139 Å². The molecule has 0 radical (unpaired) electrons. The smallest absolute Gasteiger partial charge is 0.165 e. The van der Waals surface area contributed by atoms with Crippen molar-refractivity contribution >= 4 is 34.9 Å². The summed E-state index contributed by atoms with van der Waals surface area (Å²) in [6.07, 6.45) is 6.97. The number of hydrogen-bond donors (Lipinski definition) is 3. The number of halogens is 1. The zero-order chi connectivity index (χ0) is 16.4. The molecule has 0 bridgehead atoms. The molecule has 1 fully saturated rings. The number of hydrogen-bond acceptors (Lipinski definition) is 6. The van der Waals surface area contributed by atoms with Crippen LogP contribution in [-0.4, -0.2) is 40.9 Å². The van der Waals surface area contributed by atoms with Crippen molar-refractivity contribution in [2.45, 2.75) is 18.8 Å². The number of nitrogens with one attached hydrogen (secondary N) is 1. The van der Waals surface area contributed by atoms with Gasteiger partial charge in [-0.1, -0.05) is 11.6 Å². The first-order valence-electron chi connectivity index (χ1n) is 7.55. The predicted octanol–water partition coefficient (Wildman–Crippen LogP) is 1.43. The summed E-state index contributed by atoms with van der Waals surface area (Å²) in [6, 6.07) is 0. The Morgan fingerprint density at radius 2 is 2.39 bits per heavy atom. The molecule has 2 aromatic rings. The first kappa shape index (κ1) is 15.8. The summed E-state index contributed by atoms with van der Waals surface area (Å²) in [5.74, 6) is 0.643. The van der Waals surface area contributed by atoms with Gasteiger partial charge in [0.25, 0.3) is 0 Å². The molecule has 8 heteroatoms. The van der Waals surface area contributed by atoms with Crippen molar-refractivity contribution < 1.29 is 0 Å². The minimum atomic E-state index is 0.247. The van der Waals surface area contributed by atoms with E-state index in [1.165, 1.54) is 6.20 Å². The molecule has 23 heavy (non-hydrogen) atoms. The van der Waals surface area contributed by atoms with Crippen LogP contribution in [0.25, 0.3) is 11.2 Å². The zero-order valence-corrected chi connectivity index (χ0v) is 13.7. The molecule has 1 aliphatic rings. The molecule has 0 saturated carbocycles. The number of aliphatic imine (C=N–C) groups is 1. The molecular weight excluding hydrogens is 314 g/mol. The van der Waals surface area contributed by atoms with Gasteiger partial charge < -0.3 is 16.8 Å². The van der Waals surface area contributed by atoms with Gasteiger partial charge in [0, 0.05) is 43.1 Å². The lowest BCUT2D eigenvalue weighted by Crippen LogP contribution is -2.29. The quantitative estimate of drug-likeness (QED) is 0.737. The minimum Gasteiger partial charge on any atom is -0.404 e. The van der Waals surface area contributed by atoms with Gasteiger partial charge in [-0.25, -0.2) is 4.98 Å². The summed E-state index contributed by atoms with van der Waals surface area (Å²) in [7, 11) is 1.69. The molecule has 3 heterocycles. The third-order valence-electron chi connectivity index (χ3n) is 4.09. The number of nitrogen functional groups attached to an aromatic ring is 1. The molecule has 3 rings (SSSR count). The molecule has 5 N–H and O–H groups in total. The molecule has 1 saturated heterocycles. The minimum absolute atomic E-state index is 0.247. The molecule has 1 unspecified atom stereocenters. The number of nitrogens with two attached hydrogens (primary N) is 2. The summed E-state index contributed by atoms with van der Waals surface area (Å²) < 4.78 is 1.55. The summed E-state index contributed by atoms with van der Waals surface area (Å²) in [5.41, 5.74) is 14.9. The molecule has 7 nitrogen and oxygen atoms in total. The van der Waals surface area contributed by atoms with E-state index in [-0.39, 0.29) is 5.92 Å². The molecule has 122 valence electrons. The van der Waals surface area contributed by atoms with E-state index in [1.807, 2.05) is 0 Å². The summed E-state index contributed by atoms with van der Waals surface area (Å²) in [6.45, 7) is 1.87. The Hall–Kier alpha value is -2.12. The number of anilines is 1. The van der Waals surface area contributed by atoms with Crippen molar-refractivity contribution in [2.24, 2.45) is 10.7 Å². The lowest BCUT2D eigenvalue weighted by atomic mass is 9.95. The predicted molar refractivity (Wildman–Crippen MR) is 93.8 cm³/mol. The van der Waals surface area contributed by atoms with Crippen molar-refractivity contribution in [3.05, 3.63) is 28.7 Å². The van der Waals surface area contributed by atoms with Crippen molar-refractivity contribution in [1.82, 2.24) is 19.9 Å². The van der Waals surface area contributed by atoms with Crippen LogP contribution in [0.1, 0.15) is 30.0 Å². The zero-order valence-electron chi connectivity index (χ0n) is 13.0. The maximum Gasteiger partial charge on any atom is 0.165 e. The van der Waals surface area contributed by atoms with Crippen LogP contribution in [0.2, 0.25) is 5.02 Å². The molecule has 1 atom stereocenters. The Morgan fingerprint density at radius 3 is 3.04 bits per heavy atom. The van der Waals surface area contributed by atoms with E-state index in [1.54, 1.807) is 24.0 Å². The normalized spacial score (nSPS) is 19.7. The molecule has 0 spiro atoms. The van der Waals surface area contributed by atoms with Crippen LogP contribution >= 0.6 is 11.6 Å². The van der Waals surface area contributed by atoms with E-state index in [2.05, 4.69) is 15.4 Å². The van der Waals surface area contributed by atoms with E-state index in [0.717, 1.165) is 42.8 Å². The lowest BCUT2D eigenvalue weighted by Gasteiger charge is -2.23. The van der Waals surface area contributed by atoms with Gasteiger partial charge in [0.1, 0.15) is 10.8 Å². The monoisotopic (exact) mass is 333 g/mol. The first-order chi connectivity index (χ1) is 11.2. The molecule has 1 aliphatic heterocycles. The summed E-state index contributed by atoms with van der Waals surface area (Å²) >= 11 is 6.45. The number of rotatable bonds is 3. The van der Waals surface area contributed by atoms with Crippen LogP contribution in [0, 0.1) is 0 Å². The second-order valence-electron chi connectivity index (χ2n) is 5.54. The van der Waals surface area contributed by atoms with Gasteiger partial charge in [-0.2, -0.15) is 9.61 Å². The lowest BCUT2D eigenvalue weighted by molar-refractivity contribution is 0.455. The summed E-state index contributed by atoms with van der Waals surface area (Å²) in [4.78, 5) is 8.78. The highest BCUT2D eigenvalue weighted by molar-refractivity contribution is 6.33. The number of allylic oxidation sites excluding steroid dienone is 1. The van der Waals surface area contributed by atoms with Crippen LogP contribution in [0.4, 0.5) is 5.82 Å². The SMILES string of the molecule is CN=CC(=CN)c1cnn2c(N)c(Cl)c(C3CCCNC3)nc12. The van der Waals surface area contributed by atoms with Crippen molar-refractivity contribution in [2.75, 3.05) is 25.9 Å². The van der Waals surface area contributed by atoms with Gasteiger partial charge in [-0.15, -0.1) is 0 Å². The fraction of sp³-hybridized carbons (Fsp3) is 0.400. The van der Waals surface area contributed by atoms with Gasteiger partial charge in [-0.3, -0.25) is 4.99 Å².